The maximum Gasteiger partial charge on any atom is 0.207 e. The van der Waals surface area contributed by atoms with Crippen LogP contribution in [0.5, 0.6) is 0 Å². The van der Waals surface area contributed by atoms with Gasteiger partial charge in [0.05, 0.1) is 39.9 Å². The summed E-state index contributed by atoms with van der Waals surface area (Å²) < 4.78 is 0. The van der Waals surface area contributed by atoms with Crippen LogP contribution < -0.4 is 20.0 Å². The summed E-state index contributed by atoms with van der Waals surface area (Å²) in [6, 6.07) is 9.54. The van der Waals surface area contributed by atoms with Crippen LogP contribution in [-0.4, -0.2) is 25.8 Å². The molecule has 0 spiro atoms. The van der Waals surface area contributed by atoms with Crippen molar-refractivity contribution in [1.82, 2.24) is 0 Å². The molecule has 2 aliphatic heterocycles. The number of nitriles is 1. The number of nitrogens with one attached hydrogen (secondary N) is 1. The van der Waals surface area contributed by atoms with Crippen molar-refractivity contribution in [1.29, 1.82) is 5.26 Å². The summed E-state index contributed by atoms with van der Waals surface area (Å²) in [6.07, 6.45) is 6.18. The van der Waals surface area contributed by atoms with Gasteiger partial charge in [0, 0.05) is 24.7 Å². The molecule has 0 saturated carbocycles. The smallest absolute Gasteiger partial charge is 0.207 e. The number of hydrogen-bond acceptors (Lipinski definition) is 5. The molecule has 2 aliphatic rings. The van der Waals surface area contributed by atoms with Gasteiger partial charge in [0.25, 0.3) is 0 Å². The van der Waals surface area contributed by atoms with Crippen LogP contribution >= 0.6 is 23.2 Å². The van der Waals surface area contributed by atoms with Crippen LogP contribution in [0.1, 0.15) is 26.3 Å². The molecule has 0 aliphatic carbocycles. The molecule has 0 saturated heterocycles. The van der Waals surface area contributed by atoms with E-state index >= 15 is 0 Å². The zero-order valence-electron chi connectivity index (χ0n) is 18.7. The monoisotopic (exact) mass is 478 g/mol. The van der Waals surface area contributed by atoms with E-state index in [-0.39, 0.29) is 6.17 Å². The van der Waals surface area contributed by atoms with Crippen molar-refractivity contribution in [2.75, 3.05) is 39.7 Å². The Morgan fingerprint density at radius 1 is 1.03 bits per heavy atom. The number of nitrogens with zero attached hydrogens (tertiary/aromatic N) is 5. The molecule has 8 heteroatoms. The van der Waals surface area contributed by atoms with E-state index in [2.05, 4.69) is 63.9 Å². The highest BCUT2D eigenvalue weighted by Crippen LogP contribution is 2.46. The highest BCUT2D eigenvalue weighted by molar-refractivity contribution is 6.34. The summed E-state index contributed by atoms with van der Waals surface area (Å²) in [5.74, 6) is 1.04. The lowest BCUT2D eigenvalue weighted by atomic mass is 10.2. The number of allylic oxidation sites excluding steroid dienone is 2. The molecule has 0 bridgehead atoms. The molecule has 4 rings (SSSR count). The first-order valence-electron chi connectivity index (χ1n) is 10.9. The number of halogens is 2. The first kappa shape index (κ1) is 22.9. The molecule has 1 atom stereocenters. The van der Waals surface area contributed by atoms with Gasteiger partial charge in [-0.15, -0.1) is 0 Å². The van der Waals surface area contributed by atoms with Crippen LogP contribution in [0.2, 0.25) is 10.0 Å². The number of fused-ring (bicyclic) bond motifs is 2. The Balaban J connectivity index is 1.64. The van der Waals surface area contributed by atoms with E-state index in [0.717, 1.165) is 48.2 Å². The lowest BCUT2D eigenvalue weighted by Crippen LogP contribution is -2.33. The molecule has 6 nitrogen and oxygen atoms in total. The largest absolute Gasteiger partial charge is 0.360 e. The summed E-state index contributed by atoms with van der Waals surface area (Å²) >= 11 is 12.6. The summed E-state index contributed by atoms with van der Waals surface area (Å²) in [7, 11) is 0. The Morgan fingerprint density at radius 3 is 2.30 bits per heavy atom. The van der Waals surface area contributed by atoms with Gasteiger partial charge in [-0.2, -0.15) is 5.26 Å². The zero-order chi connectivity index (χ0) is 23.7. The van der Waals surface area contributed by atoms with E-state index in [1.807, 2.05) is 24.3 Å². The molecule has 2 aromatic carbocycles. The Kier molecular flexibility index (Phi) is 6.42. The van der Waals surface area contributed by atoms with Crippen molar-refractivity contribution < 1.29 is 0 Å². The van der Waals surface area contributed by atoms with Crippen LogP contribution in [0.15, 0.2) is 48.3 Å². The highest BCUT2D eigenvalue weighted by atomic mass is 35.5. The van der Waals surface area contributed by atoms with Crippen molar-refractivity contribution in [2.45, 2.75) is 26.9 Å². The minimum Gasteiger partial charge on any atom is -0.360 e. The summed E-state index contributed by atoms with van der Waals surface area (Å²) in [6.45, 7) is 16.0. The maximum absolute atomic E-state index is 9.29. The molecule has 33 heavy (non-hydrogen) atoms. The van der Waals surface area contributed by atoms with Crippen molar-refractivity contribution in [3.8, 4) is 6.07 Å². The molecule has 1 unspecified atom stereocenters. The van der Waals surface area contributed by atoms with Crippen LogP contribution in [0.25, 0.3) is 4.85 Å². The quantitative estimate of drug-likeness (QED) is 0.481. The van der Waals surface area contributed by atoms with E-state index in [4.69, 9.17) is 29.8 Å². The second-order valence-electron chi connectivity index (χ2n) is 7.64. The third-order valence-electron chi connectivity index (χ3n) is 5.97. The van der Waals surface area contributed by atoms with Gasteiger partial charge in [0.1, 0.15) is 18.1 Å². The SMILES string of the molecule is [C-]#[N+]c1cc2c(cc1Cl)N(CC)C(=CC=CC1Nc3cc(C#N)c(Cl)cc3N1CC)N2CC. The van der Waals surface area contributed by atoms with Gasteiger partial charge >= 0.3 is 0 Å². The van der Waals surface area contributed by atoms with E-state index in [1.54, 1.807) is 6.07 Å². The minimum absolute atomic E-state index is 0.0519. The van der Waals surface area contributed by atoms with Crippen LogP contribution in [0, 0.1) is 17.9 Å². The Labute approximate surface area is 204 Å². The molecular weight excluding hydrogens is 455 g/mol. The molecule has 1 N–H and O–H groups in total. The van der Waals surface area contributed by atoms with Gasteiger partial charge in [-0.3, -0.25) is 0 Å². The fourth-order valence-electron chi connectivity index (χ4n) is 4.45. The topological polar surface area (TPSA) is 49.9 Å². The number of anilines is 4. The normalized spacial score (nSPS) is 17.8. The maximum atomic E-state index is 9.29. The standard InChI is InChI=1S/C25H24Cl2N6/c1-5-31-21-12-17(26)16(15-28)11-20(21)30-24(31)9-8-10-25-32(6-2)22-13-18(27)19(29-4)14-23(22)33(25)7-3/h8-14,24,30H,5-7H2,1-3H3. The molecule has 0 amide bonds. The zero-order valence-corrected chi connectivity index (χ0v) is 20.2. The third-order valence-corrected chi connectivity index (χ3v) is 6.58. The van der Waals surface area contributed by atoms with Gasteiger partial charge < -0.3 is 20.0 Å². The van der Waals surface area contributed by atoms with Crippen molar-refractivity contribution in [2.24, 2.45) is 0 Å². The number of likely N-dealkylation sites (N-methyl/N-ethyl adjacent to an activating group) is 1. The Morgan fingerprint density at radius 2 is 1.70 bits per heavy atom. The second kappa shape index (κ2) is 9.27. The molecule has 2 aromatic rings. The van der Waals surface area contributed by atoms with Crippen molar-refractivity contribution in [3.63, 3.8) is 0 Å². The van der Waals surface area contributed by atoms with Gasteiger partial charge in [-0.05, 0) is 57.2 Å². The summed E-state index contributed by atoms with van der Waals surface area (Å²) in [4.78, 5) is 10.2. The van der Waals surface area contributed by atoms with Crippen molar-refractivity contribution in [3.05, 3.63) is 75.3 Å². The van der Waals surface area contributed by atoms with Crippen molar-refractivity contribution >= 4 is 51.6 Å². The fourth-order valence-corrected chi connectivity index (χ4v) is 4.85. The van der Waals surface area contributed by atoms with E-state index in [0.29, 0.717) is 21.3 Å². The van der Waals surface area contributed by atoms with E-state index in [9.17, 15) is 5.26 Å². The predicted molar refractivity (Wildman–Crippen MR) is 138 cm³/mol. The van der Waals surface area contributed by atoms with Crippen LogP contribution in [0.4, 0.5) is 28.4 Å². The lowest BCUT2D eigenvalue weighted by molar-refractivity contribution is 0.804. The number of hydrogen-bond donors (Lipinski definition) is 1. The van der Waals surface area contributed by atoms with Gasteiger partial charge in [0.2, 0.25) is 5.69 Å². The summed E-state index contributed by atoms with van der Waals surface area (Å²) in [5, 5.41) is 13.7. The minimum atomic E-state index is -0.0519. The predicted octanol–water partition coefficient (Wildman–Crippen LogP) is 6.76. The summed E-state index contributed by atoms with van der Waals surface area (Å²) in [5.41, 5.74) is 4.82. The van der Waals surface area contributed by atoms with E-state index < -0.39 is 0 Å². The van der Waals surface area contributed by atoms with Crippen LogP contribution in [0.3, 0.4) is 0 Å². The molecule has 2 heterocycles. The highest BCUT2D eigenvalue weighted by Gasteiger charge is 2.31. The first-order chi connectivity index (χ1) is 16.0. The molecule has 0 radical (unpaired) electrons. The number of benzene rings is 2. The van der Waals surface area contributed by atoms with E-state index in [1.165, 1.54) is 0 Å². The third kappa shape index (κ3) is 3.86. The van der Waals surface area contributed by atoms with Gasteiger partial charge in [-0.25, -0.2) is 4.85 Å². The average Bonchev–Trinajstić information content (AvgIpc) is 3.30. The molecule has 0 aromatic heterocycles. The number of rotatable bonds is 5. The molecule has 168 valence electrons. The van der Waals surface area contributed by atoms with Gasteiger partial charge in [-0.1, -0.05) is 29.3 Å². The second-order valence-corrected chi connectivity index (χ2v) is 8.45. The van der Waals surface area contributed by atoms with Gasteiger partial charge in [0.15, 0.2) is 0 Å². The molecule has 0 fully saturated rings. The Hall–Kier alpha value is -3.32. The fraction of sp³-hybridized carbons (Fsp3) is 0.280. The average molecular weight is 479 g/mol. The first-order valence-corrected chi connectivity index (χ1v) is 11.6. The molecular formula is C25H24Cl2N6. The van der Waals surface area contributed by atoms with Crippen LogP contribution in [-0.2, 0) is 0 Å². The Bertz CT molecular complexity index is 1240. The lowest BCUT2D eigenvalue weighted by Gasteiger charge is -2.24.